The zero-order chi connectivity index (χ0) is 19.6. The summed E-state index contributed by atoms with van der Waals surface area (Å²) in [7, 11) is 3.49. The van der Waals surface area contributed by atoms with Gasteiger partial charge in [0, 0.05) is 39.2 Å². The first kappa shape index (κ1) is 21.2. The zero-order valence-corrected chi connectivity index (χ0v) is 17.1. The zero-order valence-electron chi connectivity index (χ0n) is 17.1. The van der Waals surface area contributed by atoms with Gasteiger partial charge in [-0.3, -0.25) is 4.79 Å². The van der Waals surface area contributed by atoms with E-state index < -0.39 is 0 Å². The highest BCUT2D eigenvalue weighted by Crippen LogP contribution is 2.18. The van der Waals surface area contributed by atoms with Crippen molar-refractivity contribution in [1.29, 1.82) is 0 Å². The van der Waals surface area contributed by atoms with Crippen molar-refractivity contribution in [1.82, 2.24) is 15.5 Å². The summed E-state index contributed by atoms with van der Waals surface area (Å²) in [6.07, 6.45) is 3.61. The molecule has 1 aliphatic rings. The first-order valence-electron chi connectivity index (χ1n) is 9.89. The molecule has 1 saturated heterocycles. The third kappa shape index (κ3) is 7.21. The molecular formula is C21H34N4O2. The van der Waals surface area contributed by atoms with Gasteiger partial charge in [-0.1, -0.05) is 37.3 Å². The van der Waals surface area contributed by atoms with Gasteiger partial charge in [0.1, 0.15) is 6.54 Å². The molecule has 1 aromatic carbocycles. The predicted octanol–water partition coefficient (Wildman–Crippen LogP) is 2.37. The Kier molecular flexibility index (Phi) is 8.58. The number of aliphatic imine (C=N–C) groups is 1. The van der Waals surface area contributed by atoms with Crippen molar-refractivity contribution < 1.29 is 9.53 Å². The summed E-state index contributed by atoms with van der Waals surface area (Å²) in [4.78, 5) is 18.0. The number of hydrogen-bond acceptors (Lipinski definition) is 3. The second-order valence-corrected chi connectivity index (χ2v) is 7.45. The molecule has 3 atom stereocenters. The normalized spacial score (nSPS) is 19.9. The molecule has 2 rings (SSSR count). The van der Waals surface area contributed by atoms with Gasteiger partial charge in [-0.2, -0.15) is 0 Å². The SMILES string of the molecule is CC(NC(=NCC(=O)N(C)C)NCC1CCCCO1)C(C)c1ccccc1. The predicted molar refractivity (Wildman–Crippen MR) is 110 cm³/mol. The van der Waals surface area contributed by atoms with Gasteiger partial charge in [-0.15, -0.1) is 0 Å². The van der Waals surface area contributed by atoms with Crippen LogP contribution in [0.3, 0.4) is 0 Å². The number of ether oxygens (including phenoxy) is 1. The molecule has 1 amide bonds. The number of carbonyl (C=O) groups is 1. The minimum atomic E-state index is -0.0197. The smallest absolute Gasteiger partial charge is 0.243 e. The molecule has 0 bridgehead atoms. The van der Waals surface area contributed by atoms with Gasteiger partial charge in [0.15, 0.2) is 5.96 Å². The molecule has 0 spiro atoms. The number of hydrogen-bond donors (Lipinski definition) is 2. The van der Waals surface area contributed by atoms with Crippen molar-refractivity contribution in [2.75, 3.05) is 33.8 Å². The summed E-state index contributed by atoms with van der Waals surface area (Å²) in [5.74, 6) is 0.956. The van der Waals surface area contributed by atoms with Crippen molar-refractivity contribution >= 4 is 11.9 Å². The number of carbonyl (C=O) groups excluding carboxylic acids is 1. The number of amides is 1. The maximum absolute atomic E-state index is 11.9. The maximum Gasteiger partial charge on any atom is 0.243 e. The molecule has 1 aliphatic heterocycles. The lowest BCUT2D eigenvalue weighted by Gasteiger charge is -2.27. The first-order valence-corrected chi connectivity index (χ1v) is 9.89. The van der Waals surface area contributed by atoms with Crippen molar-refractivity contribution in [3.05, 3.63) is 35.9 Å². The van der Waals surface area contributed by atoms with Crippen LogP contribution in [0.5, 0.6) is 0 Å². The second kappa shape index (κ2) is 10.9. The van der Waals surface area contributed by atoms with E-state index in [-0.39, 0.29) is 24.6 Å². The number of likely N-dealkylation sites (N-methyl/N-ethyl adjacent to an activating group) is 1. The van der Waals surface area contributed by atoms with Gasteiger partial charge in [0.25, 0.3) is 0 Å². The largest absolute Gasteiger partial charge is 0.376 e. The molecule has 0 aliphatic carbocycles. The molecule has 1 heterocycles. The van der Waals surface area contributed by atoms with E-state index in [1.165, 1.54) is 12.0 Å². The summed E-state index contributed by atoms with van der Waals surface area (Å²) in [5, 5.41) is 6.83. The monoisotopic (exact) mass is 374 g/mol. The van der Waals surface area contributed by atoms with Crippen molar-refractivity contribution in [2.45, 2.75) is 51.2 Å². The highest BCUT2D eigenvalue weighted by molar-refractivity contribution is 5.85. The van der Waals surface area contributed by atoms with E-state index in [0.29, 0.717) is 18.4 Å². The summed E-state index contributed by atoms with van der Waals surface area (Å²) in [6.45, 7) is 5.99. The lowest BCUT2D eigenvalue weighted by molar-refractivity contribution is -0.127. The van der Waals surface area contributed by atoms with E-state index in [9.17, 15) is 4.79 Å². The molecule has 1 fully saturated rings. The molecule has 1 aromatic rings. The van der Waals surface area contributed by atoms with Crippen LogP contribution >= 0.6 is 0 Å². The number of guanidine groups is 1. The van der Waals surface area contributed by atoms with Crippen LogP contribution in [0.25, 0.3) is 0 Å². The lowest BCUT2D eigenvalue weighted by Crippen LogP contribution is -2.47. The van der Waals surface area contributed by atoms with E-state index >= 15 is 0 Å². The van der Waals surface area contributed by atoms with Gasteiger partial charge in [0.2, 0.25) is 5.91 Å². The lowest BCUT2D eigenvalue weighted by atomic mass is 9.94. The minimum absolute atomic E-state index is 0.0197. The average molecular weight is 375 g/mol. The van der Waals surface area contributed by atoms with Crippen molar-refractivity contribution in [3.63, 3.8) is 0 Å². The van der Waals surface area contributed by atoms with Crippen LogP contribution in [0, 0.1) is 0 Å². The number of nitrogens with one attached hydrogen (secondary N) is 2. The molecular weight excluding hydrogens is 340 g/mol. The highest BCUT2D eigenvalue weighted by Gasteiger charge is 2.18. The topological polar surface area (TPSA) is 66.0 Å². The van der Waals surface area contributed by atoms with Crippen LogP contribution in [-0.4, -0.2) is 62.7 Å². The Bertz CT molecular complexity index is 597. The van der Waals surface area contributed by atoms with Gasteiger partial charge < -0.3 is 20.3 Å². The van der Waals surface area contributed by atoms with E-state index in [2.05, 4.69) is 53.7 Å². The Morgan fingerprint density at radius 1 is 1.26 bits per heavy atom. The van der Waals surface area contributed by atoms with Crippen LogP contribution in [0.4, 0.5) is 0 Å². The quantitative estimate of drug-likeness (QED) is 0.568. The molecule has 3 unspecified atom stereocenters. The second-order valence-electron chi connectivity index (χ2n) is 7.45. The number of nitrogens with zero attached hydrogens (tertiary/aromatic N) is 2. The van der Waals surface area contributed by atoms with Crippen LogP contribution in [-0.2, 0) is 9.53 Å². The number of benzene rings is 1. The molecule has 0 radical (unpaired) electrons. The Balaban J connectivity index is 1.98. The van der Waals surface area contributed by atoms with Crippen molar-refractivity contribution in [3.8, 4) is 0 Å². The Labute approximate surface area is 163 Å². The minimum Gasteiger partial charge on any atom is -0.376 e. The van der Waals surface area contributed by atoms with Gasteiger partial charge >= 0.3 is 0 Å². The van der Waals surface area contributed by atoms with Crippen LogP contribution in [0.1, 0.15) is 44.6 Å². The van der Waals surface area contributed by atoms with Gasteiger partial charge in [-0.05, 0) is 31.7 Å². The summed E-state index contributed by atoms with van der Waals surface area (Å²) < 4.78 is 5.79. The fraction of sp³-hybridized carbons (Fsp3) is 0.619. The summed E-state index contributed by atoms with van der Waals surface area (Å²) in [5.41, 5.74) is 1.27. The van der Waals surface area contributed by atoms with Crippen LogP contribution in [0.2, 0.25) is 0 Å². The molecule has 150 valence electrons. The molecule has 0 aromatic heterocycles. The Morgan fingerprint density at radius 2 is 2.00 bits per heavy atom. The third-order valence-corrected chi connectivity index (χ3v) is 5.08. The fourth-order valence-corrected chi connectivity index (χ4v) is 3.01. The van der Waals surface area contributed by atoms with Crippen LogP contribution in [0.15, 0.2) is 35.3 Å². The number of rotatable bonds is 7. The first-order chi connectivity index (χ1) is 13.0. The van der Waals surface area contributed by atoms with E-state index in [0.717, 1.165) is 19.4 Å². The maximum atomic E-state index is 11.9. The van der Waals surface area contributed by atoms with Crippen molar-refractivity contribution in [2.24, 2.45) is 4.99 Å². The highest BCUT2D eigenvalue weighted by atomic mass is 16.5. The molecule has 2 N–H and O–H groups in total. The molecule has 0 saturated carbocycles. The average Bonchev–Trinajstić information content (AvgIpc) is 2.70. The standard InChI is InChI=1S/C21H34N4O2/c1-16(18-10-6-5-7-11-18)17(2)24-21(23-15-20(26)25(3)4)22-14-19-12-8-9-13-27-19/h5-7,10-11,16-17,19H,8-9,12-15H2,1-4H3,(H2,22,23,24). The Morgan fingerprint density at radius 3 is 2.63 bits per heavy atom. The van der Waals surface area contributed by atoms with E-state index in [4.69, 9.17) is 4.74 Å². The summed E-state index contributed by atoms with van der Waals surface area (Å²) in [6, 6.07) is 10.6. The van der Waals surface area contributed by atoms with Gasteiger partial charge in [0.05, 0.1) is 6.10 Å². The fourth-order valence-electron chi connectivity index (χ4n) is 3.01. The molecule has 6 nitrogen and oxygen atoms in total. The van der Waals surface area contributed by atoms with E-state index in [1.54, 1.807) is 19.0 Å². The summed E-state index contributed by atoms with van der Waals surface area (Å²) >= 11 is 0. The third-order valence-electron chi connectivity index (χ3n) is 5.08. The van der Waals surface area contributed by atoms with Gasteiger partial charge in [-0.25, -0.2) is 4.99 Å². The molecule has 6 heteroatoms. The van der Waals surface area contributed by atoms with E-state index in [1.807, 2.05) is 6.07 Å². The van der Waals surface area contributed by atoms with Crippen LogP contribution < -0.4 is 10.6 Å². The molecule has 27 heavy (non-hydrogen) atoms. The Hall–Kier alpha value is -2.08.